The molecule has 0 N–H and O–H groups in total. The van der Waals surface area contributed by atoms with Gasteiger partial charge in [-0.15, -0.1) is 0 Å². The summed E-state index contributed by atoms with van der Waals surface area (Å²) in [5.74, 6) is -0.427. The van der Waals surface area contributed by atoms with Crippen LogP contribution in [0.3, 0.4) is 0 Å². The number of benzene rings is 1. The van der Waals surface area contributed by atoms with Crippen LogP contribution in [0.5, 0.6) is 0 Å². The fourth-order valence-corrected chi connectivity index (χ4v) is 3.77. The molecule has 0 saturated carbocycles. The summed E-state index contributed by atoms with van der Waals surface area (Å²) in [6.45, 7) is 1.43. The topological polar surface area (TPSA) is 76.8 Å². The standard InChI is InChI=1S/C18H13Cl2NO5S/c1-9(17(23)25-2)21-16(22)14(27-18(21)24)8-10-6-7-13(26-10)11-4-3-5-12(19)15(11)20/h3-9H,1-2H3/b14-8-/t9-/m0/s1. The van der Waals surface area contributed by atoms with Gasteiger partial charge in [-0.1, -0.05) is 29.3 Å². The van der Waals surface area contributed by atoms with E-state index < -0.39 is 23.2 Å². The van der Waals surface area contributed by atoms with Crippen molar-refractivity contribution in [3.8, 4) is 11.3 Å². The highest BCUT2D eigenvalue weighted by atomic mass is 35.5. The van der Waals surface area contributed by atoms with E-state index in [-0.39, 0.29) is 4.91 Å². The third-order valence-electron chi connectivity index (χ3n) is 3.87. The smallest absolute Gasteiger partial charge is 0.328 e. The first-order chi connectivity index (χ1) is 12.8. The van der Waals surface area contributed by atoms with E-state index >= 15 is 0 Å². The number of methoxy groups -OCH3 is 1. The monoisotopic (exact) mass is 425 g/mol. The number of amides is 2. The van der Waals surface area contributed by atoms with E-state index in [1.807, 2.05) is 0 Å². The van der Waals surface area contributed by atoms with Gasteiger partial charge in [0.2, 0.25) is 0 Å². The number of imide groups is 1. The van der Waals surface area contributed by atoms with E-state index in [2.05, 4.69) is 4.74 Å². The number of nitrogens with zero attached hydrogens (tertiary/aromatic N) is 1. The average molecular weight is 426 g/mol. The fourth-order valence-electron chi connectivity index (χ4n) is 2.49. The molecule has 0 bridgehead atoms. The van der Waals surface area contributed by atoms with Gasteiger partial charge < -0.3 is 9.15 Å². The van der Waals surface area contributed by atoms with E-state index in [1.54, 1.807) is 30.3 Å². The van der Waals surface area contributed by atoms with Crippen LogP contribution in [0.15, 0.2) is 39.7 Å². The average Bonchev–Trinajstić information content (AvgIpc) is 3.21. The van der Waals surface area contributed by atoms with Crippen LogP contribution in [0, 0.1) is 0 Å². The van der Waals surface area contributed by atoms with Crippen molar-refractivity contribution in [3.63, 3.8) is 0 Å². The van der Waals surface area contributed by atoms with Crippen molar-refractivity contribution in [1.82, 2.24) is 4.90 Å². The van der Waals surface area contributed by atoms with Crippen LogP contribution in [0.4, 0.5) is 4.79 Å². The summed E-state index contributed by atoms with van der Waals surface area (Å²) in [5, 5.41) is 0.200. The summed E-state index contributed by atoms with van der Waals surface area (Å²) in [6.07, 6.45) is 1.44. The van der Waals surface area contributed by atoms with Gasteiger partial charge in [0.15, 0.2) is 0 Å². The number of rotatable bonds is 4. The SMILES string of the molecule is COC(=O)[C@H](C)N1C(=O)S/C(=C\c2ccc(-c3cccc(Cl)c3Cl)o2)C1=O. The van der Waals surface area contributed by atoms with Crippen molar-refractivity contribution in [2.75, 3.05) is 7.11 Å². The predicted molar refractivity (Wildman–Crippen MR) is 103 cm³/mol. The Balaban J connectivity index is 1.87. The second-order valence-corrected chi connectivity index (χ2v) is 7.33. The van der Waals surface area contributed by atoms with Crippen LogP contribution in [0.25, 0.3) is 17.4 Å². The lowest BCUT2D eigenvalue weighted by Gasteiger charge is -2.18. The van der Waals surface area contributed by atoms with E-state index in [0.29, 0.717) is 27.1 Å². The minimum absolute atomic E-state index is 0.147. The quantitative estimate of drug-likeness (QED) is 0.514. The van der Waals surface area contributed by atoms with Crippen molar-refractivity contribution < 1.29 is 23.5 Å². The normalized spacial score (nSPS) is 16.9. The highest BCUT2D eigenvalue weighted by molar-refractivity contribution is 8.18. The first-order valence-electron chi connectivity index (χ1n) is 7.72. The lowest BCUT2D eigenvalue weighted by Crippen LogP contribution is -2.42. The molecule has 0 radical (unpaired) electrons. The zero-order valence-corrected chi connectivity index (χ0v) is 16.5. The van der Waals surface area contributed by atoms with Gasteiger partial charge in [-0.25, -0.2) is 4.79 Å². The Hall–Kier alpha value is -2.22. The summed E-state index contributed by atoms with van der Waals surface area (Å²) in [6, 6.07) is 7.48. The molecule has 6 nitrogen and oxygen atoms in total. The lowest BCUT2D eigenvalue weighted by atomic mass is 10.2. The lowest BCUT2D eigenvalue weighted by molar-refractivity contribution is -0.148. The highest BCUT2D eigenvalue weighted by Gasteiger charge is 2.41. The molecule has 1 aliphatic rings. The van der Waals surface area contributed by atoms with Crippen LogP contribution in [-0.4, -0.2) is 35.2 Å². The van der Waals surface area contributed by atoms with E-state index in [1.165, 1.54) is 20.1 Å². The maximum atomic E-state index is 12.5. The Labute approximate surface area is 169 Å². The van der Waals surface area contributed by atoms with Crippen molar-refractivity contribution in [3.05, 3.63) is 51.0 Å². The summed E-state index contributed by atoms with van der Waals surface area (Å²) in [7, 11) is 1.19. The molecule has 1 aliphatic heterocycles. The summed E-state index contributed by atoms with van der Waals surface area (Å²) < 4.78 is 10.3. The largest absolute Gasteiger partial charge is 0.467 e. The molecule has 9 heteroatoms. The summed E-state index contributed by atoms with van der Waals surface area (Å²) in [5.41, 5.74) is 0.608. The number of thioether (sulfide) groups is 1. The van der Waals surface area contributed by atoms with Crippen LogP contribution in [0.1, 0.15) is 12.7 Å². The number of esters is 1. The maximum absolute atomic E-state index is 12.5. The summed E-state index contributed by atoms with van der Waals surface area (Å²) >= 11 is 12.9. The van der Waals surface area contributed by atoms with Gasteiger partial charge in [-0.3, -0.25) is 14.5 Å². The Morgan fingerprint density at radius 1 is 1.26 bits per heavy atom. The molecular formula is C18H13Cl2NO5S. The van der Waals surface area contributed by atoms with Gasteiger partial charge in [0.1, 0.15) is 17.6 Å². The third kappa shape index (κ3) is 3.76. The number of carbonyl (C=O) groups excluding carboxylic acids is 3. The molecule has 3 rings (SSSR count). The van der Waals surface area contributed by atoms with Gasteiger partial charge in [0, 0.05) is 11.6 Å². The number of ether oxygens (including phenoxy) is 1. The number of furan rings is 1. The van der Waals surface area contributed by atoms with E-state index in [0.717, 1.165) is 16.7 Å². The van der Waals surface area contributed by atoms with Crippen molar-refractivity contribution in [1.29, 1.82) is 0 Å². The molecule has 0 aliphatic carbocycles. The minimum atomic E-state index is -1.01. The molecule has 1 atom stereocenters. The molecular weight excluding hydrogens is 413 g/mol. The van der Waals surface area contributed by atoms with Gasteiger partial charge in [0.25, 0.3) is 11.1 Å². The fraction of sp³-hybridized carbons (Fsp3) is 0.167. The van der Waals surface area contributed by atoms with Crippen LogP contribution in [0.2, 0.25) is 10.0 Å². The van der Waals surface area contributed by atoms with Crippen LogP contribution < -0.4 is 0 Å². The van der Waals surface area contributed by atoms with E-state index in [4.69, 9.17) is 27.6 Å². The number of hydrogen-bond acceptors (Lipinski definition) is 6. The molecule has 0 unspecified atom stereocenters. The Morgan fingerprint density at radius 2 is 2.00 bits per heavy atom. The molecule has 27 heavy (non-hydrogen) atoms. The van der Waals surface area contributed by atoms with Crippen LogP contribution in [-0.2, 0) is 14.3 Å². The summed E-state index contributed by atoms with van der Waals surface area (Å²) in [4.78, 5) is 37.2. The minimum Gasteiger partial charge on any atom is -0.467 e. The Kier molecular flexibility index (Phi) is 5.64. The molecule has 1 aromatic heterocycles. The number of hydrogen-bond donors (Lipinski definition) is 0. The molecule has 1 aromatic carbocycles. The second kappa shape index (κ2) is 7.80. The molecule has 1 fully saturated rings. The molecule has 1 saturated heterocycles. The Bertz CT molecular complexity index is 968. The van der Waals surface area contributed by atoms with Crippen molar-refractivity contribution in [2.24, 2.45) is 0 Å². The highest BCUT2D eigenvalue weighted by Crippen LogP contribution is 2.37. The number of carbonyl (C=O) groups is 3. The van der Waals surface area contributed by atoms with Crippen molar-refractivity contribution in [2.45, 2.75) is 13.0 Å². The number of halogens is 2. The molecule has 2 aromatic rings. The first-order valence-corrected chi connectivity index (χ1v) is 9.30. The second-order valence-electron chi connectivity index (χ2n) is 5.55. The third-order valence-corrected chi connectivity index (χ3v) is 5.57. The van der Waals surface area contributed by atoms with Crippen molar-refractivity contribution >= 4 is 58.2 Å². The van der Waals surface area contributed by atoms with Gasteiger partial charge in [0.05, 0.1) is 22.1 Å². The maximum Gasteiger partial charge on any atom is 0.328 e. The van der Waals surface area contributed by atoms with Crippen LogP contribution >= 0.6 is 35.0 Å². The molecule has 2 heterocycles. The molecule has 140 valence electrons. The zero-order valence-electron chi connectivity index (χ0n) is 14.2. The molecule has 0 spiro atoms. The Morgan fingerprint density at radius 3 is 2.70 bits per heavy atom. The molecule has 2 amide bonds. The predicted octanol–water partition coefficient (Wildman–Crippen LogP) is 4.85. The first kappa shape index (κ1) is 19.5. The zero-order chi connectivity index (χ0) is 19.7. The van der Waals surface area contributed by atoms with Gasteiger partial charge >= 0.3 is 5.97 Å². The van der Waals surface area contributed by atoms with Gasteiger partial charge in [-0.05, 0) is 43.0 Å². The van der Waals surface area contributed by atoms with E-state index in [9.17, 15) is 14.4 Å². The van der Waals surface area contributed by atoms with Gasteiger partial charge in [-0.2, -0.15) is 0 Å².